The van der Waals surface area contributed by atoms with Crippen LogP contribution in [-0.4, -0.2) is 22.5 Å². The van der Waals surface area contributed by atoms with Crippen LogP contribution in [0.5, 0.6) is 0 Å². The zero-order valence-electron chi connectivity index (χ0n) is 6.87. The lowest BCUT2D eigenvalue weighted by Gasteiger charge is -2.00. The third-order valence-corrected chi connectivity index (χ3v) is 1.59. The van der Waals surface area contributed by atoms with Crippen LogP contribution in [0.1, 0.15) is 32.4 Å². The second kappa shape index (κ2) is 3.21. The lowest BCUT2D eigenvalue weighted by molar-refractivity contribution is 0.108. The standard InChI is InChI=1S/C8H8N2O2/c1-5-6(2)10-8(4-12)7(3-11)9-5/h3-4H,1-2H3. The molecule has 0 aliphatic carbocycles. The highest BCUT2D eigenvalue weighted by Gasteiger charge is 2.06. The zero-order chi connectivity index (χ0) is 9.14. The average Bonchev–Trinajstić information content (AvgIpc) is 2.09. The van der Waals surface area contributed by atoms with E-state index in [1.807, 2.05) is 0 Å². The summed E-state index contributed by atoms with van der Waals surface area (Å²) in [6, 6.07) is 0. The van der Waals surface area contributed by atoms with Crippen molar-refractivity contribution in [2.75, 3.05) is 0 Å². The van der Waals surface area contributed by atoms with Crippen LogP contribution in [0.3, 0.4) is 0 Å². The van der Waals surface area contributed by atoms with Crippen LogP contribution >= 0.6 is 0 Å². The fourth-order valence-electron chi connectivity index (χ4n) is 0.811. The van der Waals surface area contributed by atoms with Crippen LogP contribution in [-0.2, 0) is 0 Å². The predicted octanol–water partition coefficient (Wildman–Crippen LogP) is 0.718. The van der Waals surface area contributed by atoms with E-state index >= 15 is 0 Å². The highest BCUT2D eigenvalue weighted by molar-refractivity contribution is 5.86. The van der Waals surface area contributed by atoms with Gasteiger partial charge < -0.3 is 0 Å². The molecule has 0 radical (unpaired) electrons. The lowest BCUT2D eigenvalue weighted by Crippen LogP contribution is -2.03. The van der Waals surface area contributed by atoms with E-state index in [2.05, 4.69) is 9.97 Å². The van der Waals surface area contributed by atoms with Crippen molar-refractivity contribution in [1.29, 1.82) is 0 Å². The molecule has 0 aliphatic rings. The molecule has 0 bridgehead atoms. The van der Waals surface area contributed by atoms with E-state index in [1.54, 1.807) is 13.8 Å². The Balaban J connectivity index is 3.37. The summed E-state index contributed by atoms with van der Waals surface area (Å²) in [5.74, 6) is 0. The molecular formula is C8H8N2O2. The molecule has 1 aromatic heterocycles. The molecule has 0 amide bonds. The van der Waals surface area contributed by atoms with Gasteiger partial charge in [0.1, 0.15) is 11.4 Å². The van der Waals surface area contributed by atoms with E-state index in [0.29, 0.717) is 24.0 Å². The van der Waals surface area contributed by atoms with Gasteiger partial charge in [0.05, 0.1) is 11.4 Å². The molecule has 0 spiro atoms. The van der Waals surface area contributed by atoms with Gasteiger partial charge in [-0.25, -0.2) is 9.97 Å². The van der Waals surface area contributed by atoms with Crippen LogP contribution in [0.25, 0.3) is 0 Å². The van der Waals surface area contributed by atoms with Gasteiger partial charge in [-0.15, -0.1) is 0 Å². The van der Waals surface area contributed by atoms with E-state index in [-0.39, 0.29) is 11.4 Å². The van der Waals surface area contributed by atoms with Crippen molar-refractivity contribution < 1.29 is 9.59 Å². The third kappa shape index (κ3) is 1.37. The third-order valence-electron chi connectivity index (χ3n) is 1.59. The fourth-order valence-corrected chi connectivity index (χ4v) is 0.811. The second-order valence-electron chi connectivity index (χ2n) is 2.40. The number of hydrogen-bond donors (Lipinski definition) is 0. The molecule has 0 aromatic carbocycles. The maximum absolute atomic E-state index is 10.4. The largest absolute Gasteiger partial charge is 0.296 e. The first-order valence-electron chi connectivity index (χ1n) is 3.44. The van der Waals surface area contributed by atoms with Crippen molar-refractivity contribution in [3.8, 4) is 0 Å². The molecule has 0 saturated carbocycles. The molecule has 4 heteroatoms. The van der Waals surface area contributed by atoms with Crippen molar-refractivity contribution in [2.45, 2.75) is 13.8 Å². The fraction of sp³-hybridized carbons (Fsp3) is 0.250. The number of rotatable bonds is 2. The summed E-state index contributed by atoms with van der Waals surface area (Å²) in [5, 5.41) is 0. The molecule has 1 heterocycles. The van der Waals surface area contributed by atoms with E-state index in [9.17, 15) is 9.59 Å². The Bertz CT molecular complexity index is 301. The van der Waals surface area contributed by atoms with Crippen molar-refractivity contribution >= 4 is 12.6 Å². The van der Waals surface area contributed by atoms with Gasteiger partial charge in [0.25, 0.3) is 0 Å². The van der Waals surface area contributed by atoms with Gasteiger partial charge in [-0.1, -0.05) is 0 Å². The molecule has 0 unspecified atom stereocenters. The Morgan fingerprint density at radius 3 is 1.50 bits per heavy atom. The molecule has 1 aromatic rings. The summed E-state index contributed by atoms with van der Waals surface area (Å²) in [6.45, 7) is 3.48. The highest BCUT2D eigenvalue weighted by atomic mass is 16.1. The van der Waals surface area contributed by atoms with Crippen molar-refractivity contribution in [3.05, 3.63) is 22.8 Å². The summed E-state index contributed by atoms with van der Waals surface area (Å²) in [7, 11) is 0. The van der Waals surface area contributed by atoms with Gasteiger partial charge in [-0.3, -0.25) is 9.59 Å². The van der Waals surface area contributed by atoms with E-state index in [4.69, 9.17) is 0 Å². The first-order valence-corrected chi connectivity index (χ1v) is 3.44. The molecule has 0 fully saturated rings. The van der Waals surface area contributed by atoms with E-state index in [1.165, 1.54) is 0 Å². The second-order valence-corrected chi connectivity index (χ2v) is 2.40. The minimum Gasteiger partial charge on any atom is -0.296 e. The number of nitrogens with zero attached hydrogens (tertiary/aromatic N) is 2. The number of aryl methyl sites for hydroxylation is 2. The summed E-state index contributed by atoms with van der Waals surface area (Å²) in [6.07, 6.45) is 1.06. The average molecular weight is 164 g/mol. The highest BCUT2D eigenvalue weighted by Crippen LogP contribution is 2.03. The number of carbonyl (C=O) groups excluding carboxylic acids is 2. The molecular weight excluding hydrogens is 156 g/mol. The molecule has 0 N–H and O–H groups in total. The number of carbonyl (C=O) groups is 2. The number of hydrogen-bond acceptors (Lipinski definition) is 4. The van der Waals surface area contributed by atoms with Gasteiger partial charge in [-0.2, -0.15) is 0 Å². The lowest BCUT2D eigenvalue weighted by atomic mass is 10.3. The normalized spacial score (nSPS) is 9.50. The Morgan fingerprint density at radius 1 is 0.917 bits per heavy atom. The first kappa shape index (κ1) is 8.52. The summed E-state index contributed by atoms with van der Waals surface area (Å²) in [5.41, 5.74) is 1.55. The Labute approximate surface area is 69.7 Å². The van der Waals surface area contributed by atoms with Gasteiger partial charge in [0.15, 0.2) is 12.6 Å². The Morgan fingerprint density at radius 2 is 1.25 bits per heavy atom. The molecule has 62 valence electrons. The van der Waals surface area contributed by atoms with Crippen LogP contribution in [0, 0.1) is 13.8 Å². The number of aromatic nitrogens is 2. The molecule has 0 aliphatic heterocycles. The van der Waals surface area contributed by atoms with Crippen molar-refractivity contribution in [1.82, 2.24) is 9.97 Å². The maximum atomic E-state index is 10.4. The monoisotopic (exact) mass is 164 g/mol. The quantitative estimate of drug-likeness (QED) is 0.604. The topological polar surface area (TPSA) is 59.9 Å². The summed E-state index contributed by atoms with van der Waals surface area (Å²) in [4.78, 5) is 28.6. The van der Waals surface area contributed by atoms with Crippen molar-refractivity contribution in [3.63, 3.8) is 0 Å². The number of aldehydes is 2. The smallest absolute Gasteiger partial charge is 0.170 e. The van der Waals surface area contributed by atoms with E-state index in [0.717, 1.165) is 0 Å². The van der Waals surface area contributed by atoms with E-state index < -0.39 is 0 Å². The van der Waals surface area contributed by atoms with Gasteiger partial charge >= 0.3 is 0 Å². The minimum atomic E-state index is 0.105. The van der Waals surface area contributed by atoms with Crippen LogP contribution < -0.4 is 0 Å². The molecule has 0 atom stereocenters. The van der Waals surface area contributed by atoms with Crippen LogP contribution in [0.4, 0.5) is 0 Å². The SMILES string of the molecule is Cc1nc(C=O)c(C=O)nc1C. The predicted molar refractivity (Wildman–Crippen MR) is 42.3 cm³/mol. The van der Waals surface area contributed by atoms with Crippen molar-refractivity contribution in [2.24, 2.45) is 0 Å². The summed E-state index contributed by atoms with van der Waals surface area (Å²) < 4.78 is 0. The zero-order valence-corrected chi connectivity index (χ0v) is 6.87. The van der Waals surface area contributed by atoms with Gasteiger partial charge in [0.2, 0.25) is 0 Å². The Kier molecular flexibility index (Phi) is 2.28. The summed E-state index contributed by atoms with van der Waals surface area (Å²) >= 11 is 0. The maximum Gasteiger partial charge on any atom is 0.170 e. The molecule has 0 saturated heterocycles. The first-order chi connectivity index (χ1) is 5.69. The molecule has 4 nitrogen and oxygen atoms in total. The van der Waals surface area contributed by atoms with Crippen LogP contribution in [0.2, 0.25) is 0 Å². The molecule has 12 heavy (non-hydrogen) atoms. The Hall–Kier alpha value is -1.58. The molecule has 1 rings (SSSR count). The van der Waals surface area contributed by atoms with Crippen LogP contribution in [0.15, 0.2) is 0 Å². The minimum absolute atomic E-state index is 0.105. The van der Waals surface area contributed by atoms with Gasteiger partial charge in [0, 0.05) is 0 Å². The van der Waals surface area contributed by atoms with Gasteiger partial charge in [-0.05, 0) is 13.8 Å².